The van der Waals surface area contributed by atoms with Crippen LogP contribution in [-0.2, 0) is 5.75 Å². The summed E-state index contributed by atoms with van der Waals surface area (Å²) in [6.07, 6.45) is 0. The summed E-state index contributed by atoms with van der Waals surface area (Å²) < 4.78 is 16.1. The van der Waals surface area contributed by atoms with Gasteiger partial charge in [0.15, 0.2) is 0 Å². The van der Waals surface area contributed by atoms with Crippen LogP contribution >= 0.6 is 11.8 Å². The molecule has 1 aromatic heterocycles. The first-order valence-corrected chi connectivity index (χ1v) is 8.50. The molecule has 0 saturated carbocycles. The van der Waals surface area contributed by atoms with E-state index >= 15 is 0 Å². The third kappa shape index (κ3) is 4.12. The molecule has 0 unspecified atom stereocenters. The predicted molar refractivity (Wildman–Crippen MR) is 95.5 cm³/mol. The third-order valence-electron chi connectivity index (χ3n) is 3.49. The van der Waals surface area contributed by atoms with Gasteiger partial charge in [-0.2, -0.15) is 0 Å². The molecule has 0 N–H and O–H groups in total. The Labute approximate surface area is 153 Å². The molecule has 1 heterocycles. The lowest BCUT2D eigenvalue weighted by atomic mass is 10.2. The van der Waals surface area contributed by atoms with Gasteiger partial charge in [-0.15, -0.1) is 10.2 Å². The van der Waals surface area contributed by atoms with Gasteiger partial charge in [-0.3, -0.25) is 10.1 Å². The summed E-state index contributed by atoms with van der Waals surface area (Å²) in [5.74, 6) is 2.04. The molecular weight excluding hydrogens is 358 g/mol. The summed E-state index contributed by atoms with van der Waals surface area (Å²) in [6, 6.07) is 11.7. The fourth-order valence-corrected chi connectivity index (χ4v) is 2.93. The molecule has 26 heavy (non-hydrogen) atoms. The molecule has 9 heteroatoms. The van der Waals surface area contributed by atoms with Gasteiger partial charge in [0.05, 0.1) is 19.1 Å². The van der Waals surface area contributed by atoms with E-state index in [0.29, 0.717) is 33.9 Å². The van der Waals surface area contributed by atoms with Crippen molar-refractivity contribution in [1.82, 2.24) is 10.2 Å². The van der Waals surface area contributed by atoms with Crippen molar-refractivity contribution in [1.29, 1.82) is 0 Å². The van der Waals surface area contributed by atoms with E-state index in [9.17, 15) is 10.1 Å². The van der Waals surface area contributed by atoms with Crippen LogP contribution in [0.2, 0.25) is 0 Å². The van der Waals surface area contributed by atoms with Crippen LogP contribution in [0.1, 0.15) is 5.56 Å². The van der Waals surface area contributed by atoms with Crippen LogP contribution in [0.25, 0.3) is 11.5 Å². The summed E-state index contributed by atoms with van der Waals surface area (Å²) >= 11 is 1.30. The number of nitro benzene ring substituents is 1. The maximum Gasteiger partial charge on any atom is 0.277 e. The van der Waals surface area contributed by atoms with E-state index in [2.05, 4.69) is 10.2 Å². The normalized spacial score (nSPS) is 10.5. The molecule has 0 amide bonds. The number of thioether (sulfide) groups is 1. The standard InChI is InChI=1S/C17H15N3O5S/c1-23-14-7-12(8-15(9-14)24-2)16-18-19-17(25-16)26-10-11-4-3-5-13(6-11)20(21)22/h3-9H,10H2,1-2H3. The smallest absolute Gasteiger partial charge is 0.277 e. The summed E-state index contributed by atoms with van der Waals surface area (Å²) in [4.78, 5) is 10.4. The van der Waals surface area contributed by atoms with E-state index in [1.807, 2.05) is 6.07 Å². The van der Waals surface area contributed by atoms with Gasteiger partial charge in [0, 0.05) is 29.5 Å². The van der Waals surface area contributed by atoms with Crippen molar-refractivity contribution in [3.8, 4) is 23.0 Å². The average Bonchev–Trinajstić information content (AvgIpc) is 3.15. The summed E-state index contributed by atoms with van der Waals surface area (Å²) in [6.45, 7) is 0. The molecule has 0 radical (unpaired) electrons. The number of nitrogens with zero attached hydrogens (tertiary/aromatic N) is 3. The number of nitro groups is 1. The first-order valence-electron chi connectivity index (χ1n) is 7.52. The van der Waals surface area contributed by atoms with Crippen molar-refractivity contribution in [2.45, 2.75) is 11.0 Å². The molecule has 0 aliphatic rings. The molecule has 0 aliphatic heterocycles. The van der Waals surface area contributed by atoms with Gasteiger partial charge in [0.25, 0.3) is 10.9 Å². The SMILES string of the molecule is COc1cc(OC)cc(-c2nnc(SCc3cccc([N+](=O)[O-])c3)o2)c1. The molecule has 134 valence electrons. The lowest BCUT2D eigenvalue weighted by molar-refractivity contribution is -0.384. The summed E-state index contributed by atoms with van der Waals surface area (Å²) in [7, 11) is 3.12. The number of ether oxygens (including phenoxy) is 2. The van der Waals surface area contributed by atoms with Crippen molar-refractivity contribution < 1.29 is 18.8 Å². The molecule has 0 bridgehead atoms. The van der Waals surface area contributed by atoms with Crippen molar-refractivity contribution in [3.63, 3.8) is 0 Å². The number of hydrogen-bond donors (Lipinski definition) is 0. The average molecular weight is 373 g/mol. The third-order valence-corrected chi connectivity index (χ3v) is 4.38. The molecule has 3 aromatic rings. The molecule has 8 nitrogen and oxygen atoms in total. The second-order valence-corrected chi connectivity index (χ2v) is 6.12. The topological polar surface area (TPSA) is 101 Å². The Morgan fingerprint density at radius 3 is 2.50 bits per heavy atom. The molecule has 0 atom stereocenters. The Balaban J connectivity index is 1.74. The number of non-ortho nitro benzene ring substituents is 1. The van der Waals surface area contributed by atoms with Crippen molar-refractivity contribution in [2.24, 2.45) is 0 Å². The highest BCUT2D eigenvalue weighted by Crippen LogP contribution is 2.31. The number of benzene rings is 2. The summed E-state index contributed by atoms with van der Waals surface area (Å²) in [5, 5.41) is 19.2. The summed E-state index contributed by atoms with van der Waals surface area (Å²) in [5.41, 5.74) is 1.53. The highest BCUT2D eigenvalue weighted by molar-refractivity contribution is 7.98. The van der Waals surface area contributed by atoms with Crippen LogP contribution in [-0.4, -0.2) is 29.3 Å². The first-order chi connectivity index (χ1) is 12.6. The molecule has 2 aromatic carbocycles. The van der Waals surface area contributed by atoms with E-state index in [0.717, 1.165) is 5.56 Å². The minimum Gasteiger partial charge on any atom is -0.497 e. The van der Waals surface area contributed by atoms with E-state index in [1.54, 1.807) is 38.5 Å². The van der Waals surface area contributed by atoms with Crippen LogP contribution in [0, 0.1) is 10.1 Å². The first kappa shape index (κ1) is 17.7. The monoisotopic (exact) mass is 373 g/mol. The number of rotatable bonds is 7. The van der Waals surface area contributed by atoms with Crippen LogP contribution in [0.5, 0.6) is 11.5 Å². The second kappa shape index (κ2) is 7.87. The highest BCUT2D eigenvalue weighted by Gasteiger charge is 2.13. The van der Waals surface area contributed by atoms with E-state index in [4.69, 9.17) is 13.9 Å². The molecule has 3 rings (SSSR count). The van der Waals surface area contributed by atoms with E-state index < -0.39 is 4.92 Å². The minimum absolute atomic E-state index is 0.0535. The zero-order valence-electron chi connectivity index (χ0n) is 14.0. The second-order valence-electron chi connectivity index (χ2n) is 5.19. The fraction of sp³-hybridized carbons (Fsp3) is 0.176. The lowest BCUT2D eigenvalue weighted by Crippen LogP contribution is -1.89. The Morgan fingerprint density at radius 1 is 1.12 bits per heavy atom. The van der Waals surface area contributed by atoms with E-state index in [1.165, 1.54) is 23.9 Å². The van der Waals surface area contributed by atoms with Gasteiger partial charge in [-0.25, -0.2) is 0 Å². The van der Waals surface area contributed by atoms with Crippen molar-refractivity contribution in [3.05, 3.63) is 58.1 Å². The highest BCUT2D eigenvalue weighted by atomic mass is 32.2. The van der Waals surface area contributed by atoms with Crippen LogP contribution in [0.3, 0.4) is 0 Å². The Hall–Kier alpha value is -3.07. The zero-order valence-corrected chi connectivity index (χ0v) is 14.9. The number of aromatic nitrogens is 2. The molecule has 0 saturated heterocycles. The quantitative estimate of drug-likeness (QED) is 0.348. The van der Waals surface area contributed by atoms with Gasteiger partial charge in [0.1, 0.15) is 11.5 Å². The number of methoxy groups -OCH3 is 2. The maximum absolute atomic E-state index is 10.8. The van der Waals surface area contributed by atoms with Gasteiger partial charge in [-0.05, 0) is 17.7 Å². The fourth-order valence-electron chi connectivity index (χ4n) is 2.22. The minimum atomic E-state index is -0.421. The largest absolute Gasteiger partial charge is 0.497 e. The van der Waals surface area contributed by atoms with Gasteiger partial charge < -0.3 is 13.9 Å². The Morgan fingerprint density at radius 2 is 1.85 bits per heavy atom. The van der Waals surface area contributed by atoms with Crippen LogP contribution in [0.15, 0.2) is 52.1 Å². The molecule has 0 spiro atoms. The van der Waals surface area contributed by atoms with Crippen LogP contribution < -0.4 is 9.47 Å². The maximum atomic E-state index is 10.8. The van der Waals surface area contributed by atoms with Gasteiger partial charge in [0.2, 0.25) is 5.89 Å². The van der Waals surface area contributed by atoms with E-state index in [-0.39, 0.29) is 5.69 Å². The predicted octanol–water partition coefficient (Wildman–Crippen LogP) is 3.95. The van der Waals surface area contributed by atoms with Crippen LogP contribution in [0.4, 0.5) is 5.69 Å². The Bertz CT molecular complexity index is 906. The van der Waals surface area contributed by atoms with Gasteiger partial charge >= 0.3 is 0 Å². The molecule has 0 fully saturated rings. The van der Waals surface area contributed by atoms with Crippen molar-refractivity contribution >= 4 is 17.4 Å². The van der Waals surface area contributed by atoms with Gasteiger partial charge in [-0.1, -0.05) is 23.9 Å². The number of hydrogen-bond acceptors (Lipinski definition) is 8. The lowest BCUT2D eigenvalue weighted by Gasteiger charge is -2.05. The molecule has 0 aliphatic carbocycles. The van der Waals surface area contributed by atoms with Crippen molar-refractivity contribution in [2.75, 3.05) is 14.2 Å². The zero-order chi connectivity index (χ0) is 18.5. The Kier molecular flexibility index (Phi) is 5.37. The molecular formula is C17H15N3O5S.